The summed E-state index contributed by atoms with van der Waals surface area (Å²) in [6, 6.07) is 6.05. The maximum Gasteiger partial charge on any atom is 0.169 e. The first kappa shape index (κ1) is 15.5. The smallest absolute Gasteiger partial charge is 0.169 e. The lowest BCUT2D eigenvalue weighted by molar-refractivity contribution is 0.0285. The summed E-state index contributed by atoms with van der Waals surface area (Å²) in [5.41, 5.74) is 1.91. The monoisotopic (exact) mass is 302 g/mol. The minimum atomic E-state index is -0.173. The molecule has 0 saturated heterocycles. The zero-order valence-corrected chi connectivity index (χ0v) is 13.9. The number of ether oxygens (including phenoxy) is 2. The predicted molar refractivity (Wildman–Crippen MR) is 86.5 cm³/mol. The van der Waals surface area contributed by atoms with Gasteiger partial charge in [0, 0.05) is 18.1 Å². The van der Waals surface area contributed by atoms with Crippen molar-refractivity contribution in [2.75, 3.05) is 13.7 Å². The lowest BCUT2D eigenvalue weighted by Gasteiger charge is -2.35. The van der Waals surface area contributed by atoms with Gasteiger partial charge in [-0.2, -0.15) is 0 Å². The van der Waals surface area contributed by atoms with Gasteiger partial charge in [-0.05, 0) is 55.7 Å². The van der Waals surface area contributed by atoms with Gasteiger partial charge in [0.2, 0.25) is 0 Å². The third-order valence-electron chi connectivity index (χ3n) is 5.14. The van der Waals surface area contributed by atoms with Crippen LogP contribution in [-0.2, 0) is 11.2 Å². The van der Waals surface area contributed by atoms with E-state index in [-0.39, 0.29) is 5.41 Å². The van der Waals surface area contributed by atoms with E-state index < -0.39 is 0 Å². The number of Topliss-reactive ketones (excluding diaryl/α,β-unsaturated/α-hetero) is 1. The molecule has 1 spiro atoms. The van der Waals surface area contributed by atoms with Gasteiger partial charge in [0.05, 0.1) is 12.7 Å². The van der Waals surface area contributed by atoms with Crippen LogP contribution in [0.15, 0.2) is 18.2 Å². The van der Waals surface area contributed by atoms with Crippen molar-refractivity contribution >= 4 is 5.78 Å². The van der Waals surface area contributed by atoms with Crippen LogP contribution >= 0.6 is 0 Å². The molecule has 1 fully saturated rings. The number of benzene rings is 1. The average Bonchev–Trinajstić information content (AvgIpc) is 2.79. The number of hydrogen-bond acceptors (Lipinski definition) is 3. The molecule has 0 N–H and O–H groups in total. The van der Waals surface area contributed by atoms with Crippen LogP contribution in [0.4, 0.5) is 0 Å². The van der Waals surface area contributed by atoms with Crippen molar-refractivity contribution in [2.45, 2.75) is 52.1 Å². The summed E-state index contributed by atoms with van der Waals surface area (Å²) >= 11 is 0. The third kappa shape index (κ3) is 2.79. The molecule has 0 atom stereocenters. The van der Waals surface area contributed by atoms with Crippen LogP contribution in [0.1, 0.15) is 55.5 Å². The Morgan fingerprint density at radius 3 is 2.64 bits per heavy atom. The van der Waals surface area contributed by atoms with E-state index >= 15 is 0 Å². The van der Waals surface area contributed by atoms with Crippen LogP contribution in [-0.4, -0.2) is 25.6 Å². The van der Waals surface area contributed by atoms with Gasteiger partial charge in [0.25, 0.3) is 0 Å². The molecule has 0 bridgehead atoms. The number of fused-ring (bicyclic) bond motifs is 1. The van der Waals surface area contributed by atoms with E-state index in [1.807, 2.05) is 12.1 Å². The second-order valence-corrected chi connectivity index (χ2v) is 7.25. The molecule has 1 aromatic carbocycles. The highest BCUT2D eigenvalue weighted by Gasteiger charge is 2.47. The summed E-state index contributed by atoms with van der Waals surface area (Å²) in [6.07, 6.45) is 5.09. The molecule has 1 saturated carbocycles. The molecule has 2 aliphatic carbocycles. The van der Waals surface area contributed by atoms with E-state index in [1.165, 1.54) is 5.56 Å². The van der Waals surface area contributed by atoms with E-state index in [0.717, 1.165) is 43.4 Å². The fourth-order valence-electron chi connectivity index (χ4n) is 3.79. The van der Waals surface area contributed by atoms with E-state index in [2.05, 4.69) is 19.9 Å². The summed E-state index contributed by atoms with van der Waals surface area (Å²) in [6.45, 7) is 4.94. The first-order valence-corrected chi connectivity index (χ1v) is 8.37. The highest BCUT2D eigenvalue weighted by molar-refractivity contribution is 6.05. The fourth-order valence-corrected chi connectivity index (χ4v) is 3.79. The van der Waals surface area contributed by atoms with Crippen molar-refractivity contribution in [3.8, 4) is 5.75 Å². The van der Waals surface area contributed by atoms with E-state index in [9.17, 15) is 4.79 Å². The number of carbonyl (C=O) groups excluding carboxylic acids is 1. The second-order valence-electron chi connectivity index (χ2n) is 7.25. The van der Waals surface area contributed by atoms with Gasteiger partial charge in [0.1, 0.15) is 5.75 Å². The molecule has 2 aliphatic rings. The molecule has 22 heavy (non-hydrogen) atoms. The van der Waals surface area contributed by atoms with Gasteiger partial charge in [-0.3, -0.25) is 4.79 Å². The lowest BCUT2D eigenvalue weighted by Crippen LogP contribution is -2.35. The van der Waals surface area contributed by atoms with Crippen LogP contribution in [0, 0.1) is 11.3 Å². The van der Waals surface area contributed by atoms with Crippen LogP contribution in [0.5, 0.6) is 5.75 Å². The normalized spacial score (nSPS) is 27.5. The van der Waals surface area contributed by atoms with Crippen LogP contribution in [0.3, 0.4) is 0 Å². The van der Waals surface area contributed by atoms with Crippen molar-refractivity contribution in [1.82, 2.24) is 0 Å². The Kier molecular flexibility index (Phi) is 4.26. The molecular formula is C19H26O3. The minimum absolute atomic E-state index is 0.173. The zero-order valence-electron chi connectivity index (χ0n) is 13.9. The molecule has 0 radical (unpaired) electrons. The molecule has 0 heterocycles. The summed E-state index contributed by atoms with van der Waals surface area (Å²) in [5.74, 6) is 1.63. The van der Waals surface area contributed by atoms with Crippen molar-refractivity contribution in [3.63, 3.8) is 0 Å². The van der Waals surface area contributed by atoms with Gasteiger partial charge in [-0.25, -0.2) is 0 Å². The predicted octanol–water partition coefficient (Wildman–Crippen LogP) is 4.04. The van der Waals surface area contributed by atoms with Crippen molar-refractivity contribution in [3.05, 3.63) is 29.3 Å². The van der Waals surface area contributed by atoms with Gasteiger partial charge >= 0.3 is 0 Å². The molecule has 0 aromatic heterocycles. The third-order valence-corrected chi connectivity index (χ3v) is 5.14. The standard InChI is InChI=1S/C19H26O3/c1-13(2)12-22-16-5-4-14-11-19(18(20)17(14)10-16)8-6-15(21-3)7-9-19/h4-5,10,13,15H,6-9,11-12H2,1-3H3. The number of rotatable bonds is 4. The highest BCUT2D eigenvalue weighted by Crippen LogP contribution is 2.48. The Hall–Kier alpha value is -1.35. The Balaban J connectivity index is 1.76. The SMILES string of the molecule is COC1CCC2(CC1)Cc1ccc(OCC(C)C)cc1C2=O. The van der Waals surface area contributed by atoms with Gasteiger partial charge in [-0.15, -0.1) is 0 Å². The van der Waals surface area contributed by atoms with E-state index in [4.69, 9.17) is 9.47 Å². The van der Waals surface area contributed by atoms with Crippen molar-refractivity contribution < 1.29 is 14.3 Å². The zero-order chi connectivity index (χ0) is 15.7. The molecule has 120 valence electrons. The molecular weight excluding hydrogens is 276 g/mol. The first-order chi connectivity index (χ1) is 10.5. The molecule has 1 aromatic rings. The molecule has 0 unspecified atom stereocenters. The van der Waals surface area contributed by atoms with E-state index in [1.54, 1.807) is 7.11 Å². The maximum atomic E-state index is 13.0. The largest absolute Gasteiger partial charge is 0.493 e. The Morgan fingerprint density at radius 2 is 2.00 bits per heavy atom. The number of hydrogen-bond donors (Lipinski definition) is 0. The lowest BCUT2D eigenvalue weighted by atomic mass is 9.70. The molecule has 3 rings (SSSR count). The summed E-state index contributed by atoms with van der Waals surface area (Å²) in [4.78, 5) is 13.0. The molecule has 3 nitrogen and oxygen atoms in total. The number of ketones is 1. The quantitative estimate of drug-likeness (QED) is 0.842. The number of methoxy groups -OCH3 is 1. The van der Waals surface area contributed by atoms with E-state index in [0.29, 0.717) is 24.4 Å². The summed E-state index contributed by atoms with van der Waals surface area (Å²) < 4.78 is 11.2. The summed E-state index contributed by atoms with van der Waals surface area (Å²) in [7, 11) is 1.77. The average molecular weight is 302 g/mol. The topological polar surface area (TPSA) is 35.5 Å². The molecule has 0 amide bonds. The van der Waals surface area contributed by atoms with Crippen LogP contribution in [0.25, 0.3) is 0 Å². The summed E-state index contributed by atoms with van der Waals surface area (Å²) in [5, 5.41) is 0. The Labute approximate surface area is 133 Å². The van der Waals surface area contributed by atoms with Crippen molar-refractivity contribution in [1.29, 1.82) is 0 Å². The fraction of sp³-hybridized carbons (Fsp3) is 0.632. The molecule has 0 aliphatic heterocycles. The first-order valence-electron chi connectivity index (χ1n) is 8.37. The van der Waals surface area contributed by atoms with Crippen LogP contribution < -0.4 is 4.74 Å². The second kappa shape index (κ2) is 6.04. The molecule has 3 heteroatoms. The Bertz CT molecular complexity index is 554. The highest BCUT2D eigenvalue weighted by atomic mass is 16.5. The van der Waals surface area contributed by atoms with Gasteiger partial charge in [-0.1, -0.05) is 19.9 Å². The van der Waals surface area contributed by atoms with Crippen LogP contribution in [0.2, 0.25) is 0 Å². The van der Waals surface area contributed by atoms with Gasteiger partial charge < -0.3 is 9.47 Å². The number of carbonyl (C=O) groups is 1. The maximum absolute atomic E-state index is 13.0. The Morgan fingerprint density at radius 1 is 1.27 bits per heavy atom. The minimum Gasteiger partial charge on any atom is -0.493 e. The van der Waals surface area contributed by atoms with Gasteiger partial charge in [0.15, 0.2) is 5.78 Å². The van der Waals surface area contributed by atoms with Crippen molar-refractivity contribution in [2.24, 2.45) is 11.3 Å².